The van der Waals surface area contributed by atoms with Crippen molar-refractivity contribution in [1.29, 1.82) is 0 Å². The van der Waals surface area contributed by atoms with E-state index in [1.165, 1.54) is 0 Å². The Bertz CT molecular complexity index is 382. The Kier molecular flexibility index (Phi) is 6.15. The highest BCUT2D eigenvalue weighted by molar-refractivity contribution is 5.67. The van der Waals surface area contributed by atoms with E-state index >= 15 is 0 Å². The minimum Gasteiger partial charge on any atom is -0.374 e. The monoisotopic (exact) mass is 245 g/mol. The third-order valence-corrected chi connectivity index (χ3v) is 2.73. The van der Waals surface area contributed by atoms with Crippen LogP contribution in [0.3, 0.4) is 0 Å². The highest BCUT2D eigenvalue weighted by atomic mass is 15.1. The molecule has 0 radical (unpaired) electrons. The fourth-order valence-corrected chi connectivity index (χ4v) is 1.70. The van der Waals surface area contributed by atoms with E-state index < -0.39 is 0 Å². The largest absolute Gasteiger partial charge is 0.374 e. The standard InChI is InChI=1S/C15H23N3/c1-5-17-15(12(2)3)18-11-14(16-4)13-9-7-6-8-10-13/h6-12,15,17-18H,4-5H2,1-3H3/b14-11-. The van der Waals surface area contributed by atoms with Crippen molar-refractivity contribution in [3.05, 3.63) is 42.1 Å². The molecule has 0 aromatic heterocycles. The molecular weight excluding hydrogens is 222 g/mol. The Morgan fingerprint density at radius 1 is 1.33 bits per heavy atom. The van der Waals surface area contributed by atoms with E-state index in [1.54, 1.807) is 0 Å². The molecule has 2 N–H and O–H groups in total. The Hall–Kier alpha value is -1.61. The van der Waals surface area contributed by atoms with Crippen LogP contribution >= 0.6 is 0 Å². The van der Waals surface area contributed by atoms with E-state index in [-0.39, 0.29) is 6.17 Å². The van der Waals surface area contributed by atoms with Gasteiger partial charge < -0.3 is 5.32 Å². The second-order valence-electron chi connectivity index (χ2n) is 4.50. The molecule has 1 aromatic rings. The van der Waals surface area contributed by atoms with Crippen molar-refractivity contribution >= 4 is 12.4 Å². The number of hydrogen-bond donors (Lipinski definition) is 2. The van der Waals surface area contributed by atoms with Gasteiger partial charge >= 0.3 is 0 Å². The first-order valence-electron chi connectivity index (χ1n) is 6.40. The summed E-state index contributed by atoms with van der Waals surface area (Å²) in [7, 11) is 0. The molecule has 3 nitrogen and oxygen atoms in total. The summed E-state index contributed by atoms with van der Waals surface area (Å²) in [6.45, 7) is 11.0. The first-order valence-corrected chi connectivity index (χ1v) is 6.40. The Morgan fingerprint density at radius 2 is 2.00 bits per heavy atom. The van der Waals surface area contributed by atoms with E-state index in [0.29, 0.717) is 5.92 Å². The predicted octanol–water partition coefficient (Wildman–Crippen LogP) is 2.87. The number of rotatable bonds is 7. The Balaban J connectivity index is 2.76. The topological polar surface area (TPSA) is 36.4 Å². The summed E-state index contributed by atoms with van der Waals surface area (Å²) in [6.07, 6.45) is 2.17. The zero-order chi connectivity index (χ0) is 13.4. The average Bonchev–Trinajstić information content (AvgIpc) is 2.39. The van der Waals surface area contributed by atoms with Crippen molar-refractivity contribution in [2.75, 3.05) is 6.54 Å². The number of benzene rings is 1. The molecule has 1 aromatic carbocycles. The molecule has 0 aliphatic rings. The van der Waals surface area contributed by atoms with E-state index in [2.05, 4.69) is 43.1 Å². The van der Waals surface area contributed by atoms with Crippen LogP contribution in [0.1, 0.15) is 26.3 Å². The molecule has 0 saturated carbocycles. The van der Waals surface area contributed by atoms with Gasteiger partial charge in [0.25, 0.3) is 0 Å². The summed E-state index contributed by atoms with van der Waals surface area (Å²) in [5.74, 6) is 0.503. The zero-order valence-corrected chi connectivity index (χ0v) is 11.5. The van der Waals surface area contributed by atoms with Gasteiger partial charge in [0.2, 0.25) is 0 Å². The fraction of sp³-hybridized carbons (Fsp3) is 0.400. The number of nitrogens with zero attached hydrogens (tertiary/aromatic N) is 1. The lowest BCUT2D eigenvalue weighted by molar-refractivity contribution is 0.374. The number of nitrogens with one attached hydrogen (secondary N) is 2. The van der Waals surface area contributed by atoms with Crippen LogP contribution in [0.5, 0.6) is 0 Å². The normalized spacial score (nSPS) is 13.4. The van der Waals surface area contributed by atoms with E-state index in [9.17, 15) is 0 Å². The molecule has 3 heteroatoms. The molecule has 0 amide bonds. The second kappa shape index (κ2) is 7.67. The highest BCUT2D eigenvalue weighted by Crippen LogP contribution is 2.13. The Labute approximate surface area is 110 Å². The molecule has 0 saturated heterocycles. The molecule has 98 valence electrons. The summed E-state index contributed by atoms with van der Waals surface area (Å²) < 4.78 is 0. The molecule has 0 aliphatic heterocycles. The van der Waals surface area contributed by atoms with Gasteiger partial charge in [0.15, 0.2) is 0 Å². The van der Waals surface area contributed by atoms with Crippen molar-refractivity contribution in [2.45, 2.75) is 26.9 Å². The van der Waals surface area contributed by atoms with Crippen LogP contribution in [0.2, 0.25) is 0 Å². The molecule has 0 heterocycles. The molecule has 0 aliphatic carbocycles. The summed E-state index contributed by atoms with van der Waals surface area (Å²) in [5, 5.41) is 6.76. The minimum atomic E-state index is 0.246. The van der Waals surface area contributed by atoms with Crippen LogP contribution in [0, 0.1) is 5.92 Å². The highest BCUT2D eigenvalue weighted by Gasteiger charge is 2.09. The van der Waals surface area contributed by atoms with E-state index in [1.807, 2.05) is 36.5 Å². The van der Waals surface area contributed by atoms with Gasteiger partial charge in [-0.1, -0.05) is 51.1 Å². The third-order valence-electron chi connectivity index (χ3n) is 2.73. The predicted molar refractivity (Wildman–Crippen MR) is 79.4 cm³/mol. The molecule has 1 unspecified atom stereocenters. The van der Waals surface area contributed by atoms with Crippen LogP contribution in [-0.2, 0) is 0 Å². The lowest BCUT2D eigenvalue weighted by Gasteiger charge is -2.22. The van der Waals surface area contributed by atoms with Crippen LogP contribution < -0.4 is 10.6 Å². The zero-order valence-electron chi connectivity index (χ0n) is 11.5. The van der Waals surface area contributed by atoms with Crippen LogP contribution in [0.25, 0.3) is 5.70 Å². The van der Waals surface area contributed by atoms with Crippen molar-refractivity contribution in [2.24, 2.45) is 10.9 Å². The van der Waals surface area contributed by atoms with Crippen molar-refractivity contribution in [3.8, 4) is 0 Å². The number of aliphatic imine (C=N–C) groups is 1. The lowest BCUT2D eigenvalue weighted by Crippen LogP contribution is -2.43. The average molecular weight is 245 g/mol. The summed E-state index contributed by atoms with van der Waals surface area (Å²) >= 11 is 0. The number of hydrogen-bond acceptors (Lipinski definition) is 3. The van der Waals surface area contributed by atoms with Crippen molar-refractivity contribution < 1.29 is 0 Å². The molecule has 0 fully saturated rings. The minimum absolute atomic E-state index is 0.246. The Morgan fingerprint density at radius 3 is 2.50 bits per heavy atom. The second-order valence-corrected chi connectivity index (χ2v) is 4.50. The quantitative estimate of drug-likeness (QED) is 0.572. The SMILES string of the molecule is C=N/C(=C\NC(NCC)C(C)C)c1ccccc1. The van der Waals surface area contributed by atoms with Gasteiger partial charge in [0.1, 0.15) is 0 Å². The summed E-state index contributed by atoms with van der Waals surface area (Å²) in [5.41, 5.74) is 1.93. The maximum Gasteiger partial charge on any atom is 0.0851 e. The lowest BCUT2D eigenvalue weighted by atomic mass is 10.1. The molecule has 0 bridgehead atoms. The van der Waals surface area contributed by atoms with Gasteiger partial charge in [0.05, 0.1) is 11.9 Å². The molecule has 18 heavy (non-hydrogen) atoms. The van der Waals surface area contributed by atoms with Crippen LogP contribution in [-0.4, -0.2) is 19.4 Å². The molecule has 1 atom stereocenters. The third kappa shape index (κ3) is 4.34. The fourth-order valence-electron chi connectivity index (χ4n) is 1.70. The van der Waals surface area contributed by atoms with Gasteiger partial charge in [-0.25, -0.2) is 0 Å². The van der Waals surface area contributed by atoms with Gasteiger partial charge in [-0.05, 0) is 19.2 Å². The van der Waals surface area contributed by atoms with Crippen LogP contribution in [0.4, 0.5) is 0 Å². The van der Waals surface area contributed by atoms with Gasteiger partial charge in [0, 0.05) is 11.8 Å². The molecule has 0 spiro atoms. The van der Waals surface area contributed by atoms with E-state index in [0.717, 1.165) is 17.8 Å². The summed E-state index contributed by atoms with van der Waals surface area (Å²) in [6, 6.07) is 10.0. The van der Waals surface area contributed by atoms with Gasteiger partial charge in [-0.2, -0.15) is 0 Å². The molecular formula is C15H23N3. The van der Waals surface area contributed by atoms with Crippen LogP contribution in [0.15, 0.2) is 41.5 Å². The first kappa shape index (κ1) is 14.5. The van der Waals surface area contributed by atoms with Gasteiger partial charge in [-0.3, -0.25) is 10.3 Å². The maximum absolute atomic E-state index is 4.07. The van der Waals surface area contributed by atoms with Crippen molar-refractivity contribution in [3.63, 3.8) is 0 Å². The summed E-state index contributed by atoms with van der Waals surface area (Å²) in [4.78, 5) is 4.07. The van der Waals surface area contributed by atoms with Gasteiger partial charge in [-0.15, -0.1) is 0 Å². The first-order chi connectivity index (χ1) is 8.69. The smallest absolute Gasteiger partial charge is 0.0851 e. The molecule has 1 rings (SSSR count). The van der Waals surface area contributed by atoms with Crippen molar-refractivity contribution in [1.82, 2.24) is 10.6 Å². The van der Waals surface area contributed by atoms with E-state index in [4.69, 9.17) is 0 Å². The maximum atomic E-state index is 4.07.